The van der Waals surface area contributed by atoms with Crippen molar-refractivity contribution in [1.82, 2.24) is 0 Å². The van der Waals surface area contributed by atoms with Crippen molar-refractivity contribution in [3.63, 3.8) is 0 Å². The summed E-state index contributed by atoms with van der Waals surface area (Å²) in [5.74, 6) is 1.25. The van der Waals surface area contributed by atoms with Crippen molar-refractivity contribution in [2.45, 2.75) is 197 Å². The van der Waals surface area contributed by atoms with E-state index in [1.807, 2.05) is 36.4 Å². The Morgan fingerprint density at radius 2 is 0.619 bits per heavy atom. The fraction of sp³-hybridized carbons (Fsp3) is 0.366. The zero-order chi connectivity index (χ0) is 76.2. The van der Waals surface area contributed by atoms with E-state index in [1.165, 1.54) is 95.9 Å². The van der Waals surface area contributed by atoms with Crippen molar-refractivity contribution in [1.29, 1.82) is 0 Å². The summed E-state index contributed by atoms with van der Waals surface area (Å²) in [7, 11) is 0. The molecular weight excluding hydrogens is 1680 g/mol. The molecule has 10 aromatic carbocycles. The molecule has 105 heavy (non-hydrogen) atoms. The normalized spacial score (nSPS) is 18.5. The largest absolute Gasteiger partial charge is 1.00 e. The maximum Gasteiger partial charge on any atom is 1.00 e. The van der Waals surface area contributed by atoms with Crippen LogP contribution in [-0.4, -0.2) is 35.0 Å². The van der Waals surface area contributed by atoms with Crippen LogP contribution in [0.3, 0.4) is 0 Å². The van der Waals surface area contributed by atoms with E-state index < -0.39 is 22.0 Å². The molecule has 1 saturated heterocycles. The van der Waals surface area contributed by atoms with E-state index in [2.05, 4.69) is 332 Å². The maximum atomic E-state index is 13.2. The smallest absolute Gasteiger partial charge is 0.381 e. The van der Waals surface area contributed by atoms with Crippen LogP contribution < -0.4 is 18.9 Å². The van der Waals surface area contributed by atoms with Gasteiger partial charge in [-0.05, 0) is 265 Å². The number of carbonyl (C=O) groups is 2. The fourth-order valence-corrected chi connectivity index (χ4v) is 19.4. The number of carbonyl (C=O) groups excluding carboxylic acids is 2. The zero-order valence-corrected chi connectivity index (χ0v) is 74.6. The van der Waals surface area contributed by atoms with Gasteiger partial charge in [-0.25, -0.2) is 0 Å². The van der Waals surface area contributed by atoms with Crippen molar-refractivity contribution in [3.05, 3.63) is 267 Å². The van der Waals surface area contributed by atoms with Gasteiger partial charge < -0.3 is 20.9 Å². The van der Waals surface area contributed by atoms with E-state index in [0.29, 0.717) is 22.3 Å². The Kier molecular flexibility index (Phi) is 22.2. The van der Waals surface area contributed by atoms with E-state index in [-0.39, 0.29) is 57.5 Å². The van der Waals surface area contributed by atoms with Gasteiger partial charge in [-0.1, -0.05) is 257 Å². The van der Waals surface area contributed by atoms with Crippen molar-refractivity contribution < 1.29 is 43.4 Å². The predicted molar refractivity (Wildman–Crippen MR) is 456 cm³/mol. The third-order valence-electron chi connectivity index (χ3n) is 22.4. The van der Waals surface area contributed by atoms with Gasteiger partial charge in [0.25, 0.3) is 0 Å². The molecule has 0 aromatic heterocycles. The number of ketones is 2. The van der Waals surface area contributed by atoms with Crippen molar-refractivity contribution >= 4 is 129 Å². The zero-order valence-electron chi connectivity index (χ0n) is 65.1. The van der Waals surface area contributed by atoms with Crippen molar-refractivity contribution in [2.75, 3.05) is 13.2 Å². The molecule has 0 saturated carbocycles. The molecule has 16 rings (SSSR count). The number of ether oxygens (including phenoxy) is 1. The molecule has 0 amide bonds. The molecule has 0 spiro atoms. The average Bonchev–Trinajstić information content (AvgIpc) is 1.62. The van der Waals surface area contributed by atoms with Gasteiger partial charge in [0.15, 0.2) is 11.6 Å². The summed E-state index contributed by atoms with van der Waals surface area (Å²) in [6.45, 7) is 48.4. The molecular formula is C93H97Br6LiO5. The molecule has 12 heteroatoms. The van der Waals surface area contributed by atoms with Gasteiger partial charge in [-0.3, -0.25) is 9.59 Å². The van der Waals surface area contributed by atoms with Gasteiger partial charge in [0.2, 0.25) is 0 Å². The standard InChI is InChI=1S/C31H34Br2O2.C31H32Br2.C23H14Br2O2.C4H8O.C4H9.Li/c1-27(2,3)30(34)21-12-10-18(33)14-24(21)31(35,28(4,5)6)26-16-23-20(15-25(26)30)19-11-9-17(32)13-22(19)29(23,7)8;1-29(2,3)27-20-12-10-17(32)13-22(20)28(30(4,5)6)24-16-26-21(15-23(24)27)19-11-9-18(33)14-25(19)31(26,7)8;1-23(2)19-8-12(25)3-5-13(19)15-9-17-18(10-20(15)23)22(27)16-7-11(24)4-6-14(16)21(17)26;1-2-4-5-3-1;1-4(2)3;/h9-16,34-35H,1-8H3;9-16H,1-8H3;3-10H,1-2H3;1-4H2;1-3H3;/q;;;;-1;+1. The Hall–Kier alpha value is -4.58. The fourth-order valence-electron chi connectivity index (χ4n) is 17.2. The minimum Gasteiger partial charge on any atom is -0.381 e. The van der Waals surface area contributed by atoms with Crippen LogP contribution in [0.4, 0.5) is 0 Å². The van der Waals surface area contributed by atoms with E-state index >= 15 is 0 Å². The number of hydrogen-bond acceptors (Lipinski definition) is 5. The van der Waals surface area contributed by atoms with Crippen molar-refractivity contribution in [3.8, 4) is 33.4 Å². The summed E-state index contributed by atoms with van der Waals surface area (Å²) < 4.78 is 11.0. The molecule has 1 fully saturated rings. The molecule has 2 unspecified atom stereocenters. The SMILES string of the molecule is C1CCOC1.CC(C)(C)c1c2ccc(Br)cc2c(C(C)(C)C)c2cc3c(cc12)-c1ccc(Br)cc1C3(C)C.CC1(C)c2cc(Br)ccc2-c2cc3c(cc21)C(=O)c1cc(Br)ccc1C3=O.CC1(C)c2cc(Br)ccc2-c2cc3c(cc21)C(O)(C(C)(C)C)c1cc(Br)ccc1C3(O)C(C)(C)C.C[C-](C)C.[Li+]. The number of benzene rings is 10. The molecule has 5 aliphatic carbocycles. The summed E-state index contributed by atoms with van der Waals surface area (Å²) in [6.07, 6.45) is 2.56. The van der Waals surface area contributed by atoms with E-state index in [1.54, 1.807) is 18.2 Å². The molecule has 542 valence electrons. The second kappa shape index (κ2) is 28.6. The van der Waals surface area contributed by atoms with Crippen LogP contribution in [0.2, 0.25) is 0 Å². The van der Waals surface area contributed by atoms with E-state index in [4.69, 9.17) is 4.74 Å². The molecule has 1 heterocycles. The summed E-state index contributed by atoms with van der Waals surface area (Å²) in [5, 5.41) is 31.0. The van der Waals surface area contributed by atoms with Crippen LogP contribution in [0.1, 0.15) is 257 Å². The summed E-state index contributed by atoms with van der Waals surface area (Å²) in [5.41, 5.74) is 18.7. The van der Waals surface area contributed by atoms with E-state index in [9.17, 15) is 19.8 Å². The number of rotatable bonds is 0. The summed E-state index contributed by atoms with van der Waals surface area (Å²) in [6, 6.07) is 50.7. The van der Waals surface area contributed by atoms with Gasteiger partial charge in [0.05, 0.1) is 0 Å². The molecule has 2 atom stereocenters. The Bertz CT molecular complexity index is 5210. The van der Waals surface area contributed by atoms with Crippen molar-refractivity contribution in [2.24, 2.45) is 10.8 Å². The second-order valence-corrected chi connectivity index (χ2v) is 41.0. The first kappa shape index (κ1) is 81.4. The average molecular weight is 1780 g/mol. The first-order valence-corrected chi connectivity index (χ1v) is 41.0. The predicted octanol–water partition coefficient (Wildman–Crippen LogP) is 24.5. The Balaban J connectivity index is 0.000000148. The molecule has 0 radical (unpaired) electrons. The van der Waals surface area contributed by atoms with Gasteiger partial charge in [0.1, 0.15) is 11.2 Å². The summed E-state index contributed by atoms with van der Waals surface area (Å²) in [4.78, 5) is 26.3. The van der Waals surface area contributed by atoms with Gasteiger partial charge in [-0.15, -0.1) is 0 Å². The number of fused-ring (bicyclic) bond motifs is 15. The number of aliphatic hydroxyl groups is 2. The van der Waals surface area contributed by atoms with Crippen LogP contribution in [0.15, 0.2) is 172 Å². The van der Waals surface area contributed by atoms with E-state index in [0.717, 1.165) is 84.6 Å². The third kappa shape index (κ3) is 13.9. The maximum absolute atomic E-state index is 13.2. The van der Waals surface area contributed by atoms with Crippen LogP contribution in [0, 0.1) is 16.7 Å². The number of halogens is 6. The molecule has 2 N–H and O–H groups in total. The molecule has 0 bridgehead atoms. The van der Waals surface area contributed by atoms with Crippen LogP contribution in [0.5, 0.6) is 0 Å². The first-order chi connectivity index (χ1) is 48.2. The molecule has 6 aliphatic rings. The minimum absolute atomic E-state index is 0. The molecule has 10 aromatic rings. The molecule has 1 aliphatic heterocycles. The Morgan fingerprint density at radius 1 is 0.324 bits per heavy atom. The monoisotopic (exact) mass is 1770 g/mol. The van der Waals surface area contributed by atoms with Gasteiger partial charge in [0, 0.05) is 78.5 Å². The van der Waals surface area contributed by atoms with Gasteiger partial charge >= 0.3 is 18.9 Å². The third-order valence-corrected chi connectivity index (χ3v) is 25.3. The topological polar surface area (TPSA) is 83.8 Å². The Morgan fingerprint density at radius 3 is 1.08 bits per heavy atom. The minimum atomic E-state index is -1.29. The molecule has 5 nitrogen and oxygen atoms in total. The Labute approximate surface area is 686 Å². The first-order valence-electron chi connectivity index (χ1n) is 36.2. The summed E-state index contributed by atoms with van der Waals surface area (Å²) >= 11 is 21.7. The second-order valence-electron chi connectivity index (χ2n) is 35.5. The number of hydrogen-bond donors (Lipinski definition) is 2. The van der Waals surface area contributed by atoms with Crippen LogP contribution in [-0.2, 0) is 43.0 Å². The van der Waals surface area contributed by atoms with Crippen LogP contribution in [0.25, 0.3) is 54.9 Å². The van der Waals surface area contributed by atoms with Crippen LogP contribution >= 0.6 is 95.6 Å². The quantitative estimate of drug-likeness (QED) is 0.0898. The van der Waals surface area contributed by atoms with Gasteiger partial charge in [-0.2, -0.15) is 20.8 Å².